The zero-order chi connectivity index (χ0) is 23.7. The molecular formula is C26H21FN4O3. The van der Waals surface area contributed by atoms with Crippen LogP contribution in [0.25, 0.3) is 33.4 Å². The zero-order valence-electron chi connectivity index (χ0n) is 18.2. The predicted molar refractivity (Wildman–Crippen MR) is 125 cm³/mol. The van der Waals surface area contributed by atoms with Gasteiger partial charge in [-0.15, -0.1) is 0 Å². The molecule has 1 saturated heterocycles. The number of benzene rings is 2. The molecule has 0 bridgehead atoms. The Balaban J connectivity index is 1.58. The first kappa shape index (κ1) is 21.6. The van der Waals surface area contributed by atoms with E-state index in [9.17, 15) is 14.3 Å². The van der Waals surface area contributed by atoms with Crippen LogP contribution in [0.5, 0.6) is 0 Å². The number of halogens is 1. The summed E-state index contributed by atoms with van der Waals surface area (Å²) in [6.07, 6.45) is 0.701. The molecule has 1 amide bonds. The number of carbonyl (C=O) groups is 1. The van der Waals surface area contributed by atoms with E-state index in [1.807, 2.05) is 35.0 Å². The second-order valence-corrected chi connectivity index (χ2v) is 8.17. The van der Waals surface area contributed by atoms with Gasteiger partial charge in [0.2, 0.25) is 0 Å². The molecule has 5 rings (SSSR count). The summed E-state index contributed by atoms with van der Waals surface area (Å²) in [5.74, 6) is -0.321. The van der Waals surface area contributed by atoms with Crippen molar-refractivity contribution in [2.75, 3.05) is 19.7 Å². The lowest BCUT2D eigenvalue weighted by Gasteiger charge is -2.31. The van der Waals surface area contributed by atoms with Gasteiger partial charge in [-0.3, -0.25) is 0 Å². The molecule has 2 aromatic carbocycles. The van der Waals surface area contributed by atoms with Crippen molar-refractivity contribution in [3.63, 3.8) is 0 Å². The van der Waals surface area contributed by atoms with Crippen LogP contribution in [0, 0.1) is 17.1 Å². The summed E-state index contributed by atoms with van der Waals surface area (Å²) in [6.45, 7) is 1.51. The molecule has 4 aromatic rings. The lowest BCUT2D eigenvalue weighted by atomic mass is 9.98. The maximum Gasteiger partial charge on any atom is 0.407 e. The number of carboxylic acid groups (broad SMARTS) is 1. The maximum absolute atomic E-state index is 13.6. The Bertz CT molecular complexity index is 1390. The summed E-state index contributed by atoms with van der Waals surface area (Å²) in [5.41, 5.74) is 5.42. The van der Waals surface area contributed by atoms with E-state index in [2.05, 4.69) is 6.07 Å². The highest BCUT2D eigenvalue weighted by Gasteiger charge is 2.24. The molecule has 1 aliphatic rings. The summed E-state index contributed by atoms with van der Waals surface area (Å²) in [4.78, 5) is 17.6. The van der Waals surface area contributed by atoms with E-state index in [1.54, 1.807) is 24.3 Å². The Morgan fingerprint density at radius 3 is 2.59 bits per heavy atom. The van der Waals surface area contributed by atoms with Crippen molar-refractivity contribution in [2.45, 2.75) is 12.6 Å². The standard InChI is InChI=1S/C26H21FN4O3/c27-20-7-5-19(6-8-20)25-22(18-3-1-17(14-28)2-4-18)13-24-23(29-25)9-10-30(24)15-21-16-31(26(32)33)11-12-34-21/h1-10,13,21H,11-12,15-16H2,(H,32,33)/t21-/m1/s1. The summed E-state index contributed by atoms with van der Waals surface area (Å²) < 4.78 is 21.4. The van der Waals surface area contributed by atoms with Crippen LogP contribution >= 0.6 is 0 Å². The minimum absolute atomic E-state index is 0.268. The monoisotopic (exact) mass is 456 g/mol. The van der Waals surface area contributed by atoms with Crippen molar-refractivity contribution in [1.29, 1.82) is 5.26 Å². The average molecular weight is 456 g/mol. The van der Waals surface area contributed by atoms with Gasteiger partial charge in [0.1, 0.15) is 5.82 Å². The summed E-state index contributed by atoms with van der Waals surface area (Å²) in [7, 11) is 0. The normalized spacial score (nSPS) is 15.9. The average Bonchev–Trinajstić information content (AvgIpc) is 3.25. The number of nitriles is 1. The van der Waals surface area contributed by atoms with E-state index >= 15 is 0 Å². The second-order valence-electron chi connectivity index (χ2n) is 8.17. The number of morpholine rings is 1. The SMILES string of the molecule is N#Cc1ccc(-c2cc3c(ccn3C[C@@H]3CN(C(=O)O)CCO3)nc2-c2ccc(F)cc2)cc1. The van der Waals surface area contributed by atoms with Crippen LogP contribution in [0.1, 0.15) is 5.56 Å². The van der Waals surface area contributed by atoms with Gasteiger partial charge in [-0.05, 0) is 54.1 Å². The molecule has 0 radical (unpaired) electrons. The van der Waals surface area contributed by atoms with E-state index in [-0.39, 0.29) is 11.9 Å². The molecule has 1 atom stereocenters. The number of hydrogen-bond donors (Lipinski definition) is 1. The fourth-order valence-electron chi connectivity index (χ4n) is 4.26. The van der Waals surface area contributed by atoms with Crippen LogP contribution < -0.4 is 0 Å². The Morgan fingerprint density at radius 2 is 1.88 bits per heavy atom. The number of hydrogen-bond acceptors (Lipinski definition) is 4. The van der Waals surface area contributed by atoms with Gasteiger partial charge in [-0.1, -0.05) is 12.1 Å². The van der Waals surface area contributed by atoms with Crippen molar-refractivity contribution < 1.29 is 19.0 Å². The number of fused-ring (bicyclic) bond motifs is 1. The molecule has 1 N–H and O–H groups in total. The number of rotatable bonds is 4. The van der Waals surface area contributed by atoms with Gasteiger partial charge < -0.3 is 19.3 Å². The van der Waals surface area contributed by atoms with Gasteiger partial charge in [0.05, 0.1) is 54.2 Å². The molecule has 0 saturated carbocycles. The zero-order valence-corrected chi connectivity index (χ0v) is 18.2. The van der Waals surface area contributed by atoms with Crippen molar-refractivity contribution >= 4 is 17.1 Å². The number of amides is 1. The van der Waals surface area contributed by atoms with E-state index in [4.69, 9.17) is 15.0 Å². The molecule has 0 aliphatic carbocycles. The van der Waals surface area contributed by atoms with Crippen LogP contribution in [0.4, 0.5) is 9.18 Å². The molecule has 1 fully saturated rings. The van der Waals surface area contributed by atoms with Gasteiger partial charge in [0.15, 0.2) is 0 Å². The lowest BCUT2D eigenvalue weighted by molar-refractivity contribution is -0.0287. The van der Waals surface area contributed by atoms with Crippen LogP contribution in [0.3, 0.4) is 0 Å². The van der Waals surface area contributed by atoms with E-state index < -0.39 is 6.09 Å². The van der Waals surface area contributed by atoms with Crippen molar-refractivity contribution in [1.82, 2.24) is 14.5 Å². The molecule has 3 heterocycles. The van der Waals surface area contributed by atoms with Gasteiger partial charge >= 0.3 is 6.09 Å². The van der Waals surface area contributed by atoms with Gasteiger partial charge in [-0.25, -0.2) is 14.2 Å². The van der Waals surface area contributed by atoms with Crippen LogP contribution in [-0.2, 0) is 11.3 Å². The van der Waals surface area contributed by atoms with E-state index in [0.29, 0.717) is 37.5 Å². The minimum Gasteiger partial charge on any atom is -0.465 e. The van der Waals surface area contributed by atoms with Crippen molar-refractivity contribution in [2.24, 2.45) is 0 Å². The largest absolute Gasteiger partial charge is 0.465 e. The fraction of sp³-hybridized carbons (Fsp3) is 0.192. The molecule has 2 aromatic heterocycles. The van der Waals surface area contributed by atoms with Crippen LogP contribution in [0.15, 0.2) is 66.9 Å². The highest BCUT2D eigenvalue weighted by molar-refractivity contribution is 5.90. The molecular weight excluding hydrogens is 435 g/mol. The predicted octanol–water partition coefficient (Wildman–Crippen LogP) is 4.76. The molecule has 7 nitrogen and oxygen atoms in total. The minimum atomic E-state index is -0.945. The highest BCUT2D eigenvalue weighted by atomic mass is 19.1. The molecule has 1 aliphatic heterocycles. The third-order valence-electron chi connectivity index (χ3n) is 6.00. The lowest BCUT2D eigenvalue weighted by Crippen LogP contribution is -2.46. The first-order chi connectivity index (χ1) is 16.5. The third-order valence-corrected chi connectivity index (χ3v) is 6.00. The van der Waals surface area contributed by atoms with Gasteiger partial charge in [0.25, 0.3) is 0 Å². The molecule has 0 unspecified atom stereocenters. The number of aromatic nitrogens is 2. The van der Waals surface area contributed by atoms with Crippen molar-refractivity contribution in [3.05, 3.63) is 78.2 Å². The first-order valence-corrected chi connectivity index (χ1v) is 10.9. The third kappa shape index (κ3) is 4.21. The van der Waals surface area contributed by atoms with E-state index in [0.717, 1.165) is 27.7 Å². The quantitative estimate of drug-likeness (QED) is 0.478. The smallest absolute Gasteiger partial charge is 0.407 e. The van der Waals surface area contributed by atoms with E-state index in [1.165, 1.54) is 17.0 Å². The second kappa shape index (κ2) is 8.96. The summed E-state index contributed by atoms with van der Waals surface area (Å²) >= 11 is 0. The van der Waals surface area contributed by atoms with Gasteiger partial charge in [-0.2, -0.15) is 5.26 Å². The number of pyridine rings is 1. The number of ether oxygens (including phenoxy) is 1. The summed E-state index contributed by atoms with van der Waals surface area (Å²) in [5, 5.41) is 18.5. The van der Waals surface area contributed by atoms with Crippen LogP contribution in [-0.4, -0.2) is 51.5 Å². The first-order valence-electron chi connectivity index (χ1n) is 10.9. The topological polar surface area (TPSA) is 91.4 Å². The molecule has 34 heavy (non-hydrogen) atoms. The van der Waals surface area contributed by atoms with Gasteiger partial charge in [0, 0.05) is 23.9 Å². The molecule has 170 valence electrons. The molecule has 8 heteroatoms. The highest BCUT2D eigenvalue weighted by Crippen LogP contribution is 2.34. The molecule has 0 spiro atoms. The fourth-order valence-corrected chi connectivity index (χ4v) is 4.26. The Hall–Kier alpha value is -4.22. The van der Waals surface area contributed by atoms with Crippen LogP contribution in [0.2, 0.25) is 0 Å². The Morgan fingerprint density at radius 1 is 1.15 bits per heavy atom. The maximum atomic E-state index is 13.6. The van der Waals surface area contributed by atoms with Crippen molar-refractivity contribution in [3.8, 4) is 28.5 Å². The Labute approximate surface area is 195 Å². The Kier molecular flexibility index (Phi) is 5.70. The summed E-state index contributed by atoms with van der Waals surface area (Å²) in [6, 6.07) is 19.5. The number of nitrogens with zero attached hydrogens (tertiary/aromatic N) is 4.